The molecule has 2 heterocycles. The van der Waals surface area contributed by atoms with Gasteiger partial charge in [-0.15, -0.1) is 12.4 Å². The standard InChI is InChI=1S/C16H19ClN4O2.ClH/c1-10(19-15(22)13-4-2-3-9-18-13)14-20-16(23-21-14)11-5-7-12(17)8-6-11;/h5-8,10,13,18H,2-4,9H2,1H3,(H,19,22);1H/t10?,13-;/m0./s1. The SMILES string of the molecule is CC(NC(=O)[C@@H]1CCCCN1)c1noc(-c2ccc(Cl)cc2)n1.Cl. The molecular weight excluding hydrogens is 351 g/mol. The van der Waals surface area contributed by atoms with E-state index in [0.29, 0.717) is 16.7 Å². The average Bonchev–Trinajstić information content (AvgIpc) is 3.06. The normalized spacial score (nSPS) is 18.5. The molecule has 8 heteroatoms. The third-order valence-electron chi connectivity index (χ3n) is 3.91. The summed E-state index contributed by atoms with van der Waals surface area (Å²) in [5.74, 6) is 0.850. The Labute approximate surface area is 151 Å². The topological polar surface area (TPSA) is 80.0 Å². The molecule has 1 unspecified atom stereocenters. The quantitative estimate of drug-likeness (QED) is 0.863. The molecule has 1 aromatic carbocycles. The Kier molecular flexibility index (Phi) is 6.60. The number of benzene rings is 1. The molecule has 0 bridgehead atoms. The van der Waals surface area contributed by atoms with Crippen molar-refractivity contribution in [3.05, 3.63) is 35.1 Å². The number of piperidine rings is 1. The highest BCUT2D eigenvalue weighted by Crippen LogP contribution is 2.21. The summed E-state index contributed by atoms with van der Waals surface area (Å²) in [6.45, 7) is 2.73. The highest BCUT2D eigenvalue weighted by molar-refractivity contribution is 6.30. The van der Waals surface area contributed by atoms with Crippen molar-refractivity contribution in [3.63, 3.8) is 0 Å². The summed E-state index contributed by atoms with van der Waals surface area (Å²) in [6.07, 6.45) is 3.05. The zero-order chi connectivity index (χ0) is 16.2. The fourth-order valence-electron chi connectivity index (χ4n) is 2.57. The first-order valence-electron chi connectivity index (χ1n) is 7.77. The number of hydrogen-bond acceptors (Lipinski definition) is 5. The van der Waals surface area contributed by atoms with Crippen molar-refractivity contribution in [2.75, 3.05) is 6.54 Å². The van der Waals surface area contributed by atoms with Gasteiger partial charge >= 0.3 is 0 Å². The molecule has 0 radical (unpaired) electrons. The third-order valence-corrected chi connectivity index (χ3v) is 4.16. The van der Waals surface area contributed by atoms with Gasteiger partial charge in [0.2, 0.25) is 5.91 Å². The van der Waals surface area contributed by atoms with Crippen LogP contribution in [0.15, 0.2) is 28.8 Å². The van der Waals surface area contributed by atoms with E-state index in [1.165, 1.54) is 0 Å². The molecule has 6 nitrogen and oxygen atoms in total. The minimum atomic E-state index is -0.309. The molecule has 1 saturated heterocycles. The molecule has 2 aromatic rings. The van der Waals surface area contributed by atoms with Crippen LogP contribution in [0.4, 0.5) is 0 Å². The Morgan fingerprint density at radius 2 is 2.12 bits per heavy atom. The van der Waals surface area contributed by atoms with Crippen LogP contribution in [0, 0.1) is 0 Å². The van der Waals surface area contributed by atoms with Gasteiger partial charge in [-0.25, -0.2) is 0 Å². The number of carbonyl (C=O) groups excluding carboxylic acids is 1. The number of rotatable bonds is 4. The highest BCUT2D eigenvalue weighted by Gasteiger charge is 2.24. The maximum Gasteiger partial charge on any atom is 0.257 e. The van der Waals surface area contributed by atoms with Crippen LogP contribution in [0.5, 0.6) is 0 Å². The first-order valence-corrected chi connectivity index (χ1v) is 8.14. The lowest BCUT2D eigenvalue weighted by Crippen LogP contribution is -2.47. The van der Waals surface area contributed by atoms with Gasteiger partial charge in [0, 0.05) is 10.6 Å². The molecule has 0 spiro atoms. The van der Waals surface area contributed by atoms with E-state index in [-0.39, 0.29) is 30.4 Å². The van der Waals surface area contributed by atoms with Crippen molar-refractivity contribution in [2.24, 2.45) is 0 Å². The number of carbonyl (C=O) groups is 1. The van der Waals surface area contributed by atoms with E-state index in [1.54, 1.807) is 12.1 Å². The van der Waals surface area contributed by atoms with Crippen LogP contribution in [-0.4, -0.2) is 28.6 Å². The Bertz CT molecular complexity index is 669. The summed E-state index contributed by atoms with van der Waals surface area (Å²) in [7, 11) is 0. The van der Waals surface area contributed by atoms with Gasteiger partial charge < -0.3 is 15.2 Å². The zero-order valence-corrected chi connectivity index (χ0v) is 14.9. The van der Waals surface area contributed by atoms with Gasteiger partial charge in [0.1, 0.15) is 0 Å². The van der Waals surface area contributed by atoms with Crippen LogP contribution in [0.25, 0.3) is 11.5 Å². The van der Waals surface area contributed by atoms with E-state index in [9.17, 15) is 4.79 Å². The molecular formula is C16H20Cl2N4O2. The maximum atomic E-state index is 12.2. The van der Waals surface area contributed by atoms with Gasteiger partial charge in [-0.05, 0) is 50.6 Å². The Morgan fingerprint density at radius 1 is 1.38 bits per heavy atom. The van der Waals surface area contributed by atoms with Crippen LogP contribution >= 0.6 is 24.0 Å². The van der Waals surface area contributed by atoms with Crippen molar-refractivity contribution in [3.8, 4) is 11.5 Å². The Balaban J connectivity index is 0.00000208. The average molecular weight is 371 g/mol. The number of nitrogens with one attached hydrogen (secondary N) is 2. The van der Waals surface area contributed by atoms with Crippen LogP contribution in [0.2, 0.25) is 5.02 Å². The van der Waals surface area contributed by atoms with E-state index in [1.807, 2.05) is 19.1 Å². The van der Waals surface area contributed by atoms with E-state index >= 15 is 0 Å². The van der Waals surface area contributed by atoms with Crippen LogP contribution < -0.4 is 10.6 Å². The van der Waals surface area contributed by atoms with E-state index < -0.39 is 0 Å². The molecule has 2 atom stereocenters. The molecule has 130 valence electrons. The fraction of sp³-hybridized carbons (Fsp3) is 0.438. The summed E-state index contributed by atoms with van der Waals surface area (Å²) in [5.41, 5.74) is 0.792. The minimum Gasteiger partial charge on any atom is -0.345 e. The zero-order valence-electron chi connectivity index (χ0n) is 13.3. The summed E-state index contributed by atoms with van der Waals surface area (Å²) >= 11 is 5.87. The van der Waals surface area contributed by atoms with Crippen LogP contribution in [0.3, 0.4) is 0 Å². The lowest BCUT2D eigenvalue weighted by molar-refractivity contribution is -0.124. The number of hydrogen-bond donors (Lipinski definition) is 2. The molecule has 3 rings (SSSR count). The Hall–Kier alpha value is -1.63. The predicted octanol–water partition coefficient (Wildman–Crippen LogP) is 3.13. The first-order chi connectivity index (χ1) is 11.1. The molecule has 1 aliphatic heterocycles. The third kappa shape index (κ3) is 4.47. The summed E-state index contributed by atoms with van der Waals surface area (Å²) in [5, 5.41) is 10.8. The molecule has 1 amide bonds. The van der Waals surface area contributed by atoms with Crippen molar-refractivity contribution in [1.82, 2.24) is 20.8 Å². The summed E-state index contributed by atoms with van der Waals surface area (Å²) < 4.78 is 5.27. The highest BCUT2D eigenvalue weighted by atomic mass is 35.5. The van der Waals surface area contributed by atoms with E-state index in [4.69, 9.17) is 16.1 Å². The van der Waals surface area contributed by atoms with Gasteiger partial charge in [-0.3, -0.25) is 4.79 Å². The second kappa shape index (κ2) is 8.46. The second-order valence-corrected chi connectivity index (χ2v) is 6.13. The molecule has 2 N–H and O–H groups in total. The maximum absolute atomic E-state index is 12.2. The Morgan fingerprint density at radius 3 is 2.79 bits per heavy atom. The van der Waals surface area contributed by atoms with Crippen LogP contribution in [0.1, 0.15) is 38.1 Å². The number of nitrogens with zero attached hydrogens (tertiary/aromatic N) is 2. The van der Waals surface area contributed by atoms with Crippen molar-refractivity contribution >= 4 is 29.9 Å². The summed E-state index contributed by atoms with van der Waals surface area (Å²) in [4.78, 5) is 16.6. The number of halogens is 2. The van der Waals surface area contributed by atoms with Gasteiger partial charge in [-0.1, -0.05) is 23.2 Å². The minimum absolute atomic E-state index is 0. The molecule has 1 fully saturated rings. The van der Waals surface area contributed by atoms with Gasteiger partial charge in [0.05, 0.1) is 12.1 Å². The number of amides is 1. The largest absolute Gasteiger partial charge is 0.345 e. The van der Waals surface area contributed by atoms with Crippen molar-refractivity contribution in [2.45, 2.75) is 38.3 Å². The van der Waals surface area contributed by atoms with Crippen molar-refractivity contribution in [1.29, 1.82) is 0 Å². The lowest BCUT2D eigenvalue weighted by Gasteiger charge is -2.23. The predicted molar refractivity (Wildman–Crippen MR) is 94.2 cm³/mol. The molecule has 1 aliphatic rings. The fourth-order valence-corrected chi connectivity index (χ4v) is 2.70. The van der Waals surface area contributed by atoms with Gasteiger partial charge in [0.15, 0.2) is 5.82 Å². The lowest BCUT2D eigenvalue weighted by atomic mass is 10.0. The number of aromatic nitrogens is 2. The van der Waals surface area contributed by atoms with Crippen LogP contribution in [-0.2, 0) is 4.79 Å². The second-order valence-electron chi connectivity index (χ2n) is 5.70. The molecule has 1 aromatic heterocycles. The monoisotopic (exact) mass is 370 g/mol. The van der Waals surface area contributed by atoms with E-state index in [2.05, 4.69) is 20.8 Å². The molecule has 0 aliphatic carbocycles. The van der Waals surface area contributed by atoms with Gasteiger partial charge in [0.25, 0.3) is 5.89 Å². The molecule has 24 heavy (non-hydrogen) atoms. The molecule has 0 saturated carbocycles. The first kappa shape index (κ1) is 18.7. The summed E-state index contributed by atoms with van der Waals surface area (Å²) in [6, 6.07) is 6.72. The smallest absolute Gasteiger partial charge is 0.257 e. The van der Waals surface area contributed by atoms with Crippen molar-refractivity contribution < 1.29 is 9.32 Å². The van der Waals surface area contributed by atoms with Gasteiger partial charge in [-0.2, -0.15) is 4.98 Å². The van der Waals surface area contributed by atoms with E-state index in [0.717, 1.165) is 31.4 Å².